The lowest BCUT2D eigenvalue weighted by atomic mass is 9.95. The van der Waals surface area contributed by atoms with Crippen LogP contribution >= 0.6 is 0 Å². The van der Waals surface area contributed by atoms with Crippen LogP contribution in [0.15, 0.2) is 34.9 Å². The zero-order chi connectivity index (χ0) is 12.8. The van der Waals surface area contributed by atoms with Crippen molar-refractivity contribution in [1.29, 1.82) is 0 Å². The minimum Gasteiger partial charge on any atom is -0.464 e. The molecule has 3 heterocycles. The Balaban J connectivity index is 1.53. The lowest BCUT2D eigenvalue weighted by Gasteiger charge is -2.21. The van der Waals surface area contributed by atoms with Crippen LogP contribution < -0.4 is 10.6 Å². The standard InChI is InChI=1S/C15H16N2O2/c18-15(17-13-8-11-3-4-12(13)16-11)10-2-1-9-5-6-19-14(9)7-10/h1-2,5-7,11-13,16H,3-4,8H2,(H,17,18)/t11?,12?,13-/m1/s1. The number of fused-ring (bicyclic) bond motifs is 3. The average Bonchev–Trinajstić information content (AvgIpc) is 3.13. The van der Waals surface area contributed by atoms with Crippen LogP contribution in [0.5, 0.6) is 0 Å². The smallest absolute Gasteiger partial charge is 0.251 e. The van der Waals surface area contributed by atoms with E-state index >= 15 is 0 Å². The molecule has 1 aromatic heterocycles. The van der Waals surface area contributed by atoms with Crippen molar-refractivity contribution < 1.29 is 9.21 Å². The maximum atomic E-state index is 12.3. The van der Waals surface area contributed by atoms with Gasteiger partial charge >= 0.3 is 0 Å². The van der Waals surface area contributed by atoms with Gasteiger partial charge in [-0.3, -0.25) is 4.79 Å². The fraction of sp³-hybridized carbons (Fsp3) is 0.400. The van der Waals surface area contributed by atoms with Crippen molar-refractivity contribution in [3.63, 3.8) is 0 Å². The molecular weight excluding hydrogens is 240 g/mol. The van der Waals surface area contributed by atoms with Crippen LogP contribution in [0.2, 0.25) is 0 Å². The van der Waals surface area contributed by atoms with Gasteiger partial charge in [-0.15, -0.1) is 0 Å². The van der Waals surface area contributed by atoms with Gasteiger partial charge < -0.3 is 15.1 Å². The summed E-state index contributed by atoms with van der Waals surface area (Å²) >= 11 is 0. The number of hydrogen-bond donors (Lipinski definition) is 2. The molecule has 0 spiro atoms. The fourth-order valence-electron chi connectivity index (χ4n) is 3.33. The van der Waals surface area contributed by atoms with Crippen LogP contribution in [-0.2, 0) is 0 Å². The predicted molar refractivity (Wildman–Crippen MR) is 72.0 cm³/mol. The van der Waals surface area contributed by atoms with Crippen molar-refractivity contribution >= 4 is 16.9 Å². The summed E-state index contributed by atoms with van der Waals surface area (Å²) in [6.07, 6.45) is 5.12. The maximum absolute atomic E-state index is 12.3. The summed E-state index contributed by atoms with van der Waals surface area (Å²) in [6.45, 7) is 0. The highest BCUT2D eigenvalue weighted by Gasteiger charge is 2.39. The van der Waals surface area contributed by atoms with E-state index in [-0.39, 0.29) is 11.9 Å². The van der Waals surface area contributed by atoms with E-state index < -0.39 is 0 Å². The van der Waals surface area contributed by atoms with E-state index in [1.54, 1.807) is 6.26 Å². The highest BCUT2D eigenvalue weighted by atomic mass is 16.3. The fourth-order valence-corrected chi connectivity index (χ4v) is 3.33. The Morgan fingerprint density at radius 1 is 1.32 bits per heavy atom. The number of hydrogen-bond acceptors (Lipinski definition) is 3. The predicted octanol–water partition coefficient (Wildman–Crippen LogP) is 2.06. The molecule has 2 aliphatic rings. The van der Waals surface area contributed by atoms with Gasteiger partial charge in [0.15, 0.2) is 0 Å². The third-order valence-electron chi connectivity index (χ3n) is 4.33. The first kappa shape index (κ1) is 11.1. The normalized spacial score (nSPS) is 28.9. The highest BCUT2D eigenvalue weighted by molar-refractivity contribution is 5.97. The first-order chi connectivity index (χ1) is 9.29. The van der Waals surface area contributed by atoms with Crippen LogP contribution in [0.1, 0.15) is 29.6 Å². The molecule has 0 radical (unpaired) electrons. The van der Waals surface area contributed by atoms with E-state index in [0.717, 1.165) is 17.4 Å². The van der Waals surface area contributed by atoms with E-state index in [0.29, 0.717) is 17.6 Å². The molecule has 19 heavy (non-hydrogen) atoms. The number of carbonyl (C=O) groups excluding carboxylic acids is 1. The molecule has 1 amide bonds. The van der Waals surface area contributed by atoms with Crippen molar-refractivity contribution in [1.82, 2.24) is 10.6 Å². The molecular formula is C15H16N2O2. The van der Waals surface area contributed by atoms with Gasteiger partial charge in [0.1, 0.15) is 5.58 Å². The molecule has 2 fully saturated rings. The van der Waals surface area contributed by atoms with E-state index in [1.165, 1.54) is 12.8 Å². The van der Waals surface area contributed by atoms with Gasteiger partial charge in [0.05, 0.1) is 6.26 Å². The molecule has 2 aromatic rings. The maximum Gasteiger partial charge on any atom is 0.251 e. The number of rotatable bonds is 2. The molecule has 4 nitrogen and oxygen atoms in total. The van der Waals surface area contributed by atoms with E-state index in [2.05, 4.69) is 10.6 Å². The molecule has 0 aliphatic carbocycles. The number of benzene rings is 1. The van der Waals surface area contributed by atoms with Crippen LogP contribution in [0.4, 0.5) is 0 Å². The van der Waals surface area contributed by atoms with Crippen LogP contribution in [0, 0.1) is 0 Å². The third-order valence-corrected chi connectivity index (χ3v) is 4.33. The number of carbonyl (C=O) groups is 1. The summed E-state index contributed by atoms with van der Waals surface area (Å²) in [5.41, 5.74) is 1.43. The molecule has 2 aliphatic heterocycles. The van der Waals surface area contributed by atoms with Crippen LogP contribution in [0.3, 0.4) is 0 Å². The number of nitrogens with one attached hydrogen (secondary N) is 2. The minimum atomic E-state index is -0.00218. The number of amides is 1. The molecule has 4 rings (SSSR count). The summed E-state index contributed by atoms with van der Waals surface area (Å²) in [5.74, 6) is -0.00218. The van der Waals surface area contributed by atoms with Crippen molar-refractivity contribution in [2.75, 3.05) is 0 Å². The zero-order valence-corrected chi connectivity index (χ0v) is 10.6. The van der Waals surface area contributed by atoms with Gasteiger partial charge in [0.25, 0.3) is 5.91 Å². The lowest BCUT2D eigenvalue weighted by molar-refractivity contribution is 0.0931. The monoisotopic (exact) mass is 256 g/mol. The summed E-state index contributed by atoms with van der Waals surface area (Å²) in [5, 5.41) is 7.69. The molecule has 4 heteroatoms. The van der Waals surface area contributed by atoms with Crippen LogP contribution in [0.25, 0.3) is 11.0 Å². The van der Waals surface area contributed by atoms with Crippen molar-refractivity contribution in [3.05, 3.63) is 36.1 Å². The van der Waals surface area contributed by atoms with Gasteiger partial charge in [-0.05, 0) is 37.5 Å². The summed E-state index contributed by atoms with van der Waals surface area (Å²) < 4.78 is 5.34. The zero-order valence-electron chi connectivity index (χ0n) is 10.6. The van der Waals surface area contributed by atoms with Crippen LogP contribution in [-0.4, -0.2) is 24.0 Å². The Bertz CT molecular complexity index is 634. The Morgan fingerprint density at radius 2 is 2.26 bits per heavy atom. The first-order valence-corrected chi connectivity index (χ1v) is 6.84. The van der Waals surface area contributed by atoms with Gasteiger partial charge in [0.2, 0.25) is 0 Å². The average molecular weight is 256 g/mol. The Morgan fingerprint density at radius 3 is 3.05 bits per heavy atom. The van der Waals surface area contributed by atoms with E-state index in [1.807, 2.05) is 24.3 Å². The third kappa shape index (κ3) is 1.83. The Hall–Kier alpha value is -1.81. The second-order valence-electron chi connectivity index (χ2n) is 5.54. The largest absolute Gasteiger partial charge is 0.464 e. The molecule has 2 unspecified atom stereocenters. The summed E-state index contributed by atoms with van der Waals surface area (Å²) in [7, 11) is 0. The molecule has 1 aromatic carbocycles. The molecule has 2 bridgehead atoms. The molecule has 3 atom stereocenters. The van der Waals surface area contributed by atoms with E-state index in [9.17, 15) is 4.79 Å². The van der Waals surface area contributed by atoms with Gasteiger partial charge in [-0.1, -0.05) is 6.07 Å². The highest BCUT2D eigenvalue weighted by Crippen LogP contribution is 2.28. The summed E-state index contributed by atoms with van der Waals surface area (Å²) in [4.78, 5) is 12.3. The SMILES string of the molecule is O=C(N[C@@H]1CC2CCC1N2)c1ccc2ccoc2c1. The Labute approximate surface area is 111 Å². The topological polar surface area (TPSA) is 54.3 Å². The lowest BCUT2D eigenvalue weighted by Crippen LogP contribution is -2.42. The van der Waals surface area contributed by atoms with Gasteiger partial charge in [-0.25, -0.2) is 0 Å². The first-order valence-electron chi connectivity index (χ1n) is 6.84. The molecule has 2 saturated heterocycles. The molecule has 98 valence electrons. The second-order valence-corrected chi connectivity index (χ2v) is 5.54. The second kappa shape index (κ2) is 4.10. The molecule has 0 saturated carbocycles. The van der Waals surface area contributed by atoms with E-state index in [4.69, 9.17) is 4.42 Å². The van der Waals surface area contributed by atoms with Crippen molar-refractivity contribution in [2.24, 2.45) is 0 Å². The summed E-state index contributed by atoms with van der Waals surface area (Å²) in [6, 6.07) is 8.82. The van der Waals surface area contributed by atoms with Crippen molar-refractivity contribution in [3.8, 4) is 0 Å². The quantitative estimate of drug-likeness (QED) is 0.864. The molecule has 2 N–H and O–H groups in total. The Kier molecular flexibility index (Phi) is 2.38. The van der Waals surface area contributed by atoms with Crippen molar-refractivity contribution in [2.45, 2.75) is 37.4 Å². The van der Waals surface area contributed by atoms with Gasteiger partial charge in [-0.2, -0.15) is 0 Å². The van der Waals surface area contributed by atoms with Gasteiger partial charge in [0, 0.05) is 29.1 Å². The number of furan rings is 1. The minimum absolute atomic E-state index is 0.00218.